The molecular weight excluding hydrogens is 406 g/mol. The lowest BCUT2D eigenvalue weighted by atomic mass is 10.0. The lowest BCUT2D eigenvalue weighted by Gasteiger charge is -2.30. The summed E-state index contributed by atoms with van der Waals surface area (Å²) in [5, 5.41) is 0.0296. The lowest BCUT2D eigenvalue weighted by Crippen LogP contribution is -2.39. The van der Waals surface area contributed by atoms with E-state index in [9.17, 15) is 18.0 Å². The molecule has 1 aromatic rings. The summed E-state index contributed by atoms with van der Waals surface area (Å²) in [7, 11) is -3.83. The summed E-state index contributed by atoms with van der Waals surface area (Å²) in [6.07, 6.45) is 1.74. The molecule has 0 aliphatic carbocycles. The van der Waals surface area contributed by atoms with Crippen LogP contribution in [0.4, 0.5) is 0 Å². The van der Waals surface area contributed by atoms with Gasteiger partial charge in [-0.2, -0.15) is 4.31 Å². The van der Waals surface area contributed by atoms with Crippen molar-refractivity contribution in [1.82, 2.24) is 4.31 Å². The fraction of sp³-hybridized carbons (Fsp3) is 0.579. The second kappa shape index (κ2) is 8.80. The van der Waals surface area contributed by atoms with Crippen molar-refractivity contribution in [2.75, 3.05) is 19.7 Å². The fourth-order valence-electron chi connectivity index (χ4n) is 2.91. The summed E-state index contributed by atoms with van der Waals surface area (Å²) in [6.45, 7) is 7.35. The van der Waals surface area contributed by atoms with Gasteiger partial charge in [-0.05, 0) is 57.7 Å². The molecule has 1 unspecified atom stereocenters. The maximum atomic E-state index is 13.0. The van der Waals surface area contributed by atoms with Crippen molar-refractivity contribution in [2.24, 2.45) is 5.92 Å². The predicted octanol–water partition coefficient (Wildman–Crippen LogP) is 3.26. The third-order valence-corrected chi connectivity index (χ3v) is 6.49. The second-order valence-electron chi connectivity index (χ2n) is 7.92. The normalized spacial score (nSPS) is 18.5. The highest BCUT2D eigenvalue weighted by Gasteiger charge is 2.31. The Morgan fingerprint density at radius 3 is 2.57 bits per heavy atom. The van der Waals surface area contributed by atoms with E-state index in [1.54, 1.807) is 20.8 Å². The van der Waals surface area contributed by atoms with Crippen LogP contribution in [-0.4, -0.2) is 50.0 Å². The molecule has 0 N–H and O–H groups in total. The quantitative estimate of drug-likeness (QED) is 0.664. The van der Waals surface area contributed by atoms with Crippen LogP contribution in [0.1, 0.15) is 50.9 Å². The molecule has 1 atom stereocenters. The Balaban J connectivity index is 2.16. The van der Waals surface area contributed by atoms with Gasteiger partial charge in [-0.25, -0.2) is 18.0 Å². The fourth-order valence-corrected chi connectivity index (χ4v) is 5.01. The molecule has 0 radical (unpaired) electrons. The Bertz CT molecular complexity index is 846. The molecular formula is C19H26ClNO6S. The van der Waals surface area contributed by atoms with Crippen LogP contribution in [0.2, 0.25) is 5.02 Å². The number of esters is 2. The molecule has 1 fully saturated rings. The summed E-state index contributed by atoms with van der Waals surface area (Å²) in [5.41, 5.74) is -0.701. The molecule has 9 heteroatoms. The number of carbonyl (C=O) groups is 2. The van der Waals surface area contributed by atoms with Gasteiger partial charge in [0.05, 0.1) is 10.6 Å². The minimum atomic E-state index is -3.83. The average Bonchev–Trinajstić information content (AvgIpc) is 2.58. The van der Waals surface area contributed by atoms with Gasteiger partial charge < -0.3 is 9.47 Å². The standard InChI is InChI=1S/C19H26ClNO6S/c1-13-6-5-9-21(11-13)28(24,25)16-10-14(7-8-15(16)20)18(23)26-12-17(22)27-19(2,3)4/h7-8,10,13H,5-6,9,11-12H2,1-4H3. The Morgan fingerprint density at radius 2 is 1.96 bits per heavy atom. The Hall–Kier alpha value is -1.64. The molecule has 1 aliphatic rings. The van der Waals surface area contributed by atoms with Gasteiger partial charge in [-0.3, -0.25) is 0 Å². The van der Waals surface area contributed by atoms with Crippen molar-refractivity contribution in [1.29, 1.82) is 0 Å². The first-order valence-corrected chi connectivity index (χ1v) is 10.9. The van der Waals surface area contributed by atoms with E-state index in [1.807, 2.05) is 6.92 Å². The number of halogens is 1. The largest absolute Gasteiger partial charge is 0.457 e. The molecule has 1 saturated heterocycles. The number of hydrogen-bond donors (Lipinski definition) is 0. The summed E-state index contributed by atoms with van der Waals surface area (Å²) in [6, 6.07) is 3.89. The molecule has 0 amide bonds. The second-order valence-corrected chi connectivity index (χ2v) is 10.2. The number of hydrogen-bond acceptors (Lipinski definition) is 6. The van der Waals surface area contributed by atoms with Crippen molar-refractivity contribution in [3.8, 4) is 0 Å². The third kappa shape index (κ3) is 5.93. The van der Waals surface area contributed by atoms with Gasteiger partial charge in [-0.15, -0.1) is 0 Å². The Labute approximate surface area is 171 Å². The smallest absolute Gasteiger partial charge is 0.344 e. The number of piperidine rings is 1. The summed E-state index contributed by atoms with van der Waals surface area (Å²) in [5.74, 6) is -1.26. The van der Waals surface area contributed by atoms with Crippen LogP contribution >= 0.6 is 11.6 Å². The lowest BCUT2D eigenvalue weighted by molar-refractivity contribution is -0.158. The minimum absolute atomic E-state index is 0.00316. The molecule has 1 aromatic carbocycles. The van der Waals surface area contributed by atoms with Crippen molar-refractivity contribution in [3.63, 3.8) is 0 Å². The van der Waals surface area contributed by atoms with Crippen LogP contribution in [0.25, 0.3) is 0 Å². The van der Waals surface area contributed by atoms with E-state index < -0.39 is 34.2 Å². The molecule has 7 nitrogen and oxygen atoms in total. The predicted molar refractivity (Wildman–Crippen MR) is 105 cm³/mol. The number of rotatable bonds is 5. The molecule has 0 aromatic heterocycles. The van der Waals surface area contributed by atoms with E-state index in [-0.39, 0.29) is 21.4 Å². The van der Waals surface area contributed by atoms with Gasteiger partial charge in [0.2, 0.25) is 10.0 Å². The molecule has 156 valence electrons. The Kier molecular flexibility index (Phi) is 7.12. The van der Waals surface area contributed by atoms with Crippen LogP contribution in [0, 0.1) is 5.92 Å². The number of nitrogens with zero attached hydrogens (tertiary/aromatic N) is 1. The zero-order valence-electron chi connectivity index (χ0n) is 16.5. The first kappa shape index (κ1) is 22.6. The monoisotopic (exact) mass is 431 g/mol. The molecule has 1 heterocycles. The van der Waals surface area contributed by atoms with Crippen LogP contribution in [0.5, 0.6) is 0 Å². The topological polar surface area (TPSA) is 90.0 Å². The van der Waals surface area contributed by atoms with Crippen LogP contribution in [0.15, 0.2) is 23.1 Å². The van der Waals surface area contributed by atoms with Crippen molar-refractivity contribution < 1.29 is 27.5 Å². The van der Waals surface area contributed by atoms with Crippen LogP contribution in [0.3, 0.4) is 0 Å². The molecule has 2 rings (SSSR count). The number of benzene rings is 1. The van der Waals surface area contributed by atoms with E-state index in [2.05, 4.69) is 0 Å². The average molecular weight is 432 g/mol. The summed E-state index contributed by atoms with van der Waals surface area (Å²) >= 11 is 6.11. The van der Waals surface area contributed by atoms with Gasteiger partial charge in [-0.1, -0.05) is 18.5 Å². The van der Waals surface area contributed by atoms with E-state index in [1.165, 1.54) is 22.5 Å². The van der Waals surface area contributed by atoms with Gasteiger partial charge >= 0.3 is 11.9 Å². The zero-order valence-corrected chi connectivity index (χ0v) is 18.1. The van der Waals surface area contributed by atoms with E-state index in [0.717, 1.165) is 12.8 Å². The van der Waals surface area contributed by atoms with Crippen molar-refractivity contribution in [3.05, 3.63) is 28.8 Å². The van der Waals surface area contributed by atoms with Gasteiger partial charge in [0.25, 0.3) is 0 Å². The van der Waals surface area contributed by atoms with Gasteiger partial charge in [0.1, 0.15) is 10.5 Å². The number of carbonyl (C=O) groups excluding carboxylic acids is 2. The molecule has 0 bridgehead atoms. The Morgan fingerprint density at radius 1 is 1.29 bits per heavy atom. The first-order valence-electron chi connectivity index (χ1n) is 9.09. The van der Waals surface area contributed by atoms with E-state index in [0.29, 0.717) is 13.1 Å². The maximum absolute atomic E-state index is 13.0. The van der Waals surface area contributed by atoms with E-state index >= 15 is 0 Å². The van der Waals surface area contributed by atoms with Crippen LogP contribution in [-0.2, 0) is 24.3 Å². The zero-order chi connectivity index (χ0) is 21.1. The van der Waals surface area contributed by atoms with Gasteiger partial charge in [0.15, 0.2) is 6.61 Å². The summed E-state index contributed by atoms with van der Waals surface area (Å²) in [4.78, 5) is 23.8. The molecule has 0 saturated carbocycles. The SMILES string of the molecule is CC1CCCN(S(=O)(=O)c2cc(C(=O)OCC(=O)OC(C)(C)C)ccc2Cl)C1. The molecule has 0 spiro atoms. The highest BCUT2D eigenvalue weighted by Crippen LogP contribution is 2.29. The molecule has 28 heavy (non-hydrogen) atoms. The van der Waals surface area contributed by atoms with Crippen LogP contribution < -0.4 is 0 Å². The maximum Gasteiger partial charge on any atom is 0.344 e. The summed E-state index contributed by atoms with van der Waals surface area (Å²) < 4.78 is 37.3. The van der Waals surface area contributed by atoms with Gasteiger partial charge in [0, 0.05) is 13.1 Å². The van der Waals surface area contributed by atoms with Crippen molar-refractivity contribution >= 4 is 33.6 Å². The highest BCUT2D eigenvalue weighted by atomic mass is 35.5. The number of sulfonamides is 1. The number of ether oxygens (including phenoxy) is 2. The van der Waals surface area contributed by atoms with Crippen molar-refractivity contribution in [2.45, 2.75) is 51.0 Å². The minimum Gasteiger partial charge on any atom is -0.457 e. The third-order valence-electron chi connectivity index (χ3n) is 4.15. The molecule has 1 aliphatic heterocycles. The highest BCUT2D eigenvalue weighted by molar-refractivity contribution is 7.89. The first-order chi connectivity index (χ1) is 12.9. The van der Waals surface area contributed by atoms with E-state index in [4.69, 9.17) is 21.1 Å².